The summed E-state index contributed by atoms with van der Waals surface area (Å²) in [6.07, 6.45) is 26.5. The van der Waals surface area contributed by atoms with Gasteiger partial charge in [0, 0.05) is 59.2 Å². The van der Waals surface area contributed by atoms with E-state index in [0.29, 0.717) is 36.0 Å². The van der Waals surface area contributed by atoms with Gasteiger partial charge in [0.15, 0.2) is 34.6 Å². The van der Waals surface area contributed by atoms with Gasteiger partial charge in [0.25, 0.3) is 0 Å². The van der Waals surface area contributed by atoms with Crippen LogP contribution >= 0.6 is 0 Å². The number of carbonyl (C=O) groups is 4. The first-order valence-electron chi connectivity index (χ1n) is 43.9. The number of ether oxygens (including phenoxy) is 4. The molecule has 12 N–H and O–H groups in total. The summed E-state index contributed by atoms with van der Waals surface area (Å²) >= 11 is 0. The molecule has 4 aliphatic rings. The van der Waals surface area contributed by atoms with E-state index in [9.17, 15) is 80.5 Å². The number of Topliss-reactive ketones (excluding diaryl/α,β-unsaturated/α-hetero) is 4. The van der Waals surface area contributed by atoms with Gasteiger partial charge in [-0.25, -0.2) is 0 Å². The number of phenols is 11. The first-order chi connectivity index (χ1) is 60.4. The van der Waals surface area contributed by atoms with Gasteiger partial charge in [0.05, 0.1) is 31.3 Å². The van der Waals surface area contributed by atoms with E-state index < -0.39 is 30.0 Å². The van der Waals surface area contributed by atoms with Gasteiger partial charge in [0.1, 0.15) is 121 Å². The Morgan fingerprint density at radius 3 is 1.11 bits per heavy atom. The molecule has 0 radical (unpaired) electrons. The predicted molar refractivity (Wildman–Crippen MR) is 502 cm³/mol. The Balaban J connectivity index is 0.000000193. The highest BCUT2D eigenvalue weighted by molar-refractivity contribution is 6.05. The highest BCUT2D eigenvalue weighted by atomic mass is 16.5. The minimum Gasteiger partial charge on any atom is -0.508 e. The maximum absolute atomic E-state index is 13.2. The van der Waals surface area contributed by atoms with Crippen molar-refractivity contribution in [3.63, 3.8) is 0 Å². The van der Waals surface area contributed by atoms with Crippen LogP contribution in [0.1, 0.15) is 313 Å². The van der Waals surface area contributed by atoms with Crippen LogP contribution in [0, 0.1) is 20.8 Å². The summed E-state index contributed by atoms with van der Waals surface area (Å²) in [5.74, 6) is -2.22. The molecule has 0 amide bonds. The third-order valence-electron chi connectivity index (χ3n) is 23.2. The monoisotopic (exact) mass is 1740 g/mol. The van der Waals surface area contributed by atoms with Gasteiger partial charge in [-0.2, -0.15) is 0 Å². The fourth-order valence-corrected chi connectivity index (χ4v) is 15.7. The zero-order valence-corrected chi connectivity index (χ0v) is 77.1. The number of allylic oxidation sites excluding steroid dienone is 16. The molecule has 680 valence electrons. The lowest BCUT2D eigenvalue weighted by Crippen LogP contribution is -2.22. The van der Waals surface area contributed by atoms with Crippen molar-refractivity contribution < 1.29 is 99.4 Å². The van der Waals surface area contributed by atoms with Crippen molar-refractivity contribution in [2.24, 2.45) is 0 Å². The first kappa shape index (κ1) is 99.1. The van der Waals surface area contributed by atoms with E-state index in [0.717, 1.165) is 128 Å². The van der Waals surface area contributed by atoms with Gasteiger partial charge in [-0.15, -0.1) is 0 Å². The molecule has 20 heteroatoms. The van der Waals surface area contributed by atoms with Gasteiger partial charge in [-0.1, -0.05) is 142 Å². The Labute approximate surface area is 753 Å². The molecule has 12 rings (SSSR count). The van der Waals surface area contributed by atoms with Crippen molar-refractivity contribution in [2.45, 2.75) is 263 Å². The van der Waals surface area contributed by atoms with E-state index in [-0.39, 0.29) is 157 Å². The van der Waals surface area contributed by atoms with Crippen molar-refractivity contribution >= 4 is 23.1 Å². The van der Waals surface area contributed by atoms with Crippen molar-refractivity contribution in [1.82, 2.24) is 0 Å². The number of carbonyl (C=O) groups excluding carboxylic acids is 4. The highest BCUT2D eigenvalue weighted by Gasteiger charge is 2.37. The third-order valence-corrected chi connectivity index (χ3v) is 23.2. The average molecular weight is 1750 g/mol. The van der Waals surface area contributed by atoms with Crippen molar-refractivity contribution in [1.29, 1.82) is 0 Å². The van der Waals surface area contributed by atoms with Gasteiger partial charge in [0.2, 0.25) is 0 Å². The van der Waals surface area contributed by atoms with Crippen LogP contribution < -0.4 is 18.9 Å². The Morgan fingerprint density at radius 2 is 0.688 bits per heavy atom. The normalized spacial score (nSPS) is 16.0. The molecule has 128 heavy (non-hydrogen) atoms. The Morgan fingerprint density at radius 1 is 0.336 bits per heavy atom. The standard InChI is InChI=1S/C31H38O5.C26H32O5.C26H30O4.C25H28O6/c1-18(2)8-7-9-20(5)11-14-24-25(32)16-28-29(31(24)35)26(33)17-27(36-28)22-15-12-21(6)30(34)23(22)13-10-19(3)4;1-16(6-5-11-26(3,4)30)7-9-18-12-19(10-8-17(18)2)23-15-22(29)25-21(28)13-20(27)14-24(25)31-23;1-16(2)6-5-7-17(3)8-10-19-12-20(11-9-18(19)4)24-15-23(29)26-22(28)13-21(27)14-25(26)30-24;1-14(2)5-4-6-15(3)7-8-16-9-17(10-21(29)25(16)30)22-13-20(28)24-19(27)11-18(26)12-23(24)31-22/h8,10-12,15-16,27,32,34-35H,7,9,13-14,17H2,1-6H3;7-8,10,12-14,23,27-28,30H,5-6,9,11,15H2,1-4H3;6,8-9,11-14,24,27-28H,5,7,10,15H2,1-4H3;5,7,9-12,22,26-27,29-30H,4,6,8,13H2,1-3H3/b20-11+;16-7+;17-8+;15-7+/t27-;23-;24-;22-/m0000/s1. The molecule has 0 unspecified atom stereocenters. The number of hydrogen-bond donors (Lipinski definition) is 12. The summed E-state index contributed by atoms with van der Waals surface area (Å²) in [5.41, 5.74) is 19.9. The maximum Gasteiger partial charge on any atom is 0.174 e. The van der Waals surface area contributed by atoms with E-state index in [1.165, 1.54) is 86.0 Å². The minimum absolute atomic E-state index is 0.0344. The maximum atomic E-state index is 13.2. The number of rotatable bonds is 27. The molecule has 8 aromatic carbocycles. The molecular formula is C108H128O20. The second kappa shape index (κ2) is 44.7. The van der Waals surface area contributed by atoms with Gasteiger partial charge >= 0.3 is 0 Å². The van der Waals surface area contributed by atoms with E-state index in [4.69, 9.17) is 18.9 Å². The number of benzene rings is 8. The lowest BCUT2D eigenvalue weighted by Gasteiger charge is -2.29. The van der Waals surface area contributed by atoms with Crippen LogP contribution in [-0.4, -0.2) is 90.0 Å². The zero-order chi connectivity index (χ0) is 93.9. The van der Waals surface area contributed by atoms with Crippen LogP contribution in [0.25, 0.3) is 0 Å². The summed E-state index contributed by atoms with van der Waals surface area (Å²) in [7, 11) is 0. The number of aliphatic hydroxyl groups is 1. The molecule has 0 aromatic heterocycles. The molecule has 4 heterocycles. The fourth-order valence-electron chi connectivity index (χ4n) is 15.7. The average Bonchev–Trinajstić information content (AvgIpc) is 0.774. The minimum atomic E-state index is -0.714. The van der Waals surface area contributed by atoms with Gasteiger partial charge < -0.3 is 80.2 Å². The number of aryl methyl sites for hydroxylation is 3. The fraction of sp³-hybridized carbons (Fsp3) is 0.370. The zero-order valence-electron chi connectivity index (χ0n) is 77.1. The van der Waals surface area contributed by atoms with E-state index in [1.807, 2.05) is 97.0 Å². The number of hydrogen-bond acceptors (Lipinski definition) is 20. The number of ketones is 4. The van der Waals surface area contributed by atoms with E-state index in [2.05, 4.69) is 118 Å². The highest BCUT2D eigenvalue weighted by Crippen LogP contribution is 2.50. The van der Waals surface area contributed by atoms with E-state index >= 15 is 0 Å². The molecule has 0 spiro atoms. The van der Waals surface area contributed by atoms with Crippen LogP contribution in [0.3, 0.4) is 0 Å². The Bertz CT molecular complexity index is 5690. The quantitative estimate of drug-likeness (QED) is 0.0168. The van der Waals surface area contributed by atoms with Crippen LogP contribution in [0.5, 0.6) is 86.2 Å². The lowest BCUT2D eigenvalue weighted by molar-refractivity contribution is 0.0688. The van der Waals surface area contributed by atoms with Crippen LogP contribution in [0.4, 0.5) is 0 Å². The Hall–Kier alpha value is -12.7. The summed E-state index contributed by atoms with van der Waals surface area (Å²) in [5, 5.41) is 122. The molecule has 0 fully saturated rings. The van der Waals surface area contributed by atoms with Crippen LogP contribution in [-0.2, 0) is 32.1 Å². The topological polar surface area (TPSA) is 348 Å². The smallest absolute Gasteiger partial charge is 0.174 e. The number of aromatic hydroxyl groups is 11. The number of fused-ring (bicyclic) bond motifs is 4. The molecule has 0 bridgehead atoms. The summed E-state index contributed by atoms with van der Waals surface area (Å²) in [4.78, 5) is 50.9. The molecule has 0 aliphatic carbocycles. The van der Waals surface area contributed by atoms with Crippen molar-refractivity contribution in [3.05, 3.63) is 285 Å². The molecule has 0 saturated heterocycles. The van der Waals surface area contributed by atoms with Crippen molar-refractivity contribution in [2.75, 3.05) is 0 Å². The van der Waals surface area contributed by atoms with Gasteiger partial charge in [-0.3, -0.25) is 19.2 Å². The molecule has 20 nitrogen and oxygen atoms in total. The Kier molecular flexibility index (Phi) is 34.6. The van der Waals surface area contributed by atoms with Gasteiger partial charge in [-0.05, 0) is 270 Å². The molecular weight excluding hydrogens is 1620 g/mol. The van der Waals surface area contributed by atoms with E-state index in [1.54, 1.807) is 6.07 Å². The second-order valence-corrected chi connectivity index (χ2v) is 35.9. The SMILES string of the molecule is C/C(=C\Cc1cc([C@@H]2CC(=O)c3c(O)cc(O)cc3O2)ccc1C)CCCC(C)(C)O.CC(C)=CCC/C(C)=C/Cc1c(O)cc2c(c1O)C(=O)C[C@@H](c1ccc(C)c(O)c1CC=C(C)C)O2.CC(C)=CCC/C(C)=C/Cc1cc([C@@H]2CC(=O)c3c(O)cc(O)cc3O2)cc(O)c1O.CC(C)=CCC/C(C)=C/Cc1cc([C@@H]2CC(=O)c3c(O)cc(O)cc3O2)ccc1C. The predicted octanol–water partition coefficient (Wildman–Crippen LogP) is 24.9. The second-order valence-electron chi connectivity index (χ2n) is 35.9. The van der Waals surface area contributed by atoms with Crippen LogP contribution in [0.15, 0.2) is 196 Å². The molecule has 4 aliphatic heterocycles. The molecule has 0 saturated carbocycles. The summed E-state index contributed by atoms with van der Waals surface area (Å²) in [6, 6.07) is 27.8. The van der Waals surface area contributed by atoms with Crippen molar-refractivity contribution in [3.8, 4) is 86.2 Å². The largest absolute Gasteiger partial charge is 0.508 e. The third kappa shape index (κ3) is 27.4. The first-order valence-corrected chi connectivity index (χ1v) is 43.9. The molecule has 8 aromatic rings. The van der Waals surface area contributed by atoms with Crippen LogP contribution in [0.2, 0.25) is 0 Å². The molecule has 4 atom stereocenters. The number of phenolic OH excluding ortho intramolecular Hbond substituents is 11. The summed E-state index contributed by atoms with van der Waals surface area (Å²) in [6.45, 7) is 34.5. The summed E-state index contributed by atoms with van der Waals surface area (Å²) < 4.78 is 24.0. The lowest BCUT2D eigenvalue weighted by atomic mass is 9.89.